The van der Waals surface area contributed by atoms with E-state index in [1.807, 2.05) is 6.07 Å². The highest BCUT2D eigenvalue weighted by molar-refractivity contribution is 5.29. The summed E-state index contributed by atoms with van der Waals surface area (Å²) in [5.74, 6) is 1.73. The molecule has 2 fully saturated rings. The number of halogens is 1. The van der Waals surface area contributed by atoms with Crippen molar-refractivity contribution in [1.29, 1.82) is 0 Å². The minimum absolute atomic E-state index is 0.145. The van der Waals surface area contributed by atoms with Crippen LogP contribution < -0.4 is 4.74 Å². The van der Waals surface area contributed by atoms with Crippen molar-refractivity contribution in [2.75, 3.05) is 19.6 Å². The molecule has 2 aromatic carbocycles. The van der Waals surface area contributed by atoms with Crippen LogP contribution in [0.1, 0.15) is 30.1 Å². The van der Waals surface area contributed by atoms with Gasteiger partial charge in [0.15, 0.2) is 0 Å². The van der Waals surface area contributed by atoms with Gasteiger partial charge in [-0.1, -0.05) is 18.2 Å². The number of phenols is 1. The number of ether oxygens (including phenoxy) is 1. The maximum absolute atomic E-state index is 13.7. The molecule has 5 heteroatoms. The molecular formula is C22H26FNO3. The van der Waals surface area contributed by atoms with E-state index in [0.29, 0.717) is 29.7 Å². The predicted octanol–water partition coefficient (Wildman–Crippen LogP) is 3.66. The Kier molecular flexibility index (Phi) is 5.06. The van der Waals surface area contributed by atoms with E-state index < -0.39 is 6.10 Å². The van der Waals surface area contributed by atoms with Gasteiger partial charge in [-0.05, 0) is 60.9 Å². The lowest BCUT2D eigenvalue weighted by molar-refractivity contribution is 0.116. The van der Waals surface area contributed by atoms with Gasteiger partial charge in [0.25, 0.3) is 0 Å². The highest BCUT2D eigenvalue weighted by Crippen LogP contribution is 2.40. The van der Waals surface area contributed by atoms with E-state index >= 15 is 0 Å². The van der Waals surface area contributed by atoms with Crippen molar-refractivity contribution < 1.29 is 19.3 Å². The number of aliphatic hydroxyl groups excluding tert-OH is 1. The Hall–Kier alpha value is -2.11. The molecule has 0 aromatic heterocycles. The molecule has 1 saturated heterocycles. The summed E-state index contributed by atoms with van der Waals surface area (Å²) in [6.07, 6.45) is 1.55. The van der Waals surface area contributed by atoms with Crippen LogP contribution >= 0.6 is 0 Å². The first-order valence-electron chi connectivity index (χ1n) is 9.60. The highest BCUT2D eigenvalue weighted by Gasteiger charge is 2.42. The molecule has 0 spiro atoms. The zero-order valence-electron chi connectivity index (χ0n) is 15.5. The van der Waals surface area contributed by atoms with Gasteiger partial charge in [-0.25, -0.2) is 4.39 Å². The number of hydrogen-bond acceptors (Lipinski definition) is 4. The average molecular weight is 371 g/mol. The number of aliphatic hydroxyl groups is 1. The van der Waals surface area contributed by atoms with Gasteiger partial charge in [0.1, 0.15) is 17.3 Å². The number of benzene rings is 2. The topological polar surface area (TPSA) is 52.9 Å². The Morgan fingerprint density at radius 2 is 1.78 bits per heavy atom. The number of rotatable bonds is 5. The molecule has 4 atom stereocenters. The zero-order chi connectivity index (χ0) is 19.0. The van der Waals surface area contributed by atoms with E-state index in [0.717, 1.165) is 31.5 Å². The van der Waals surface area contributed by atoms with Crippen LogP contribution in [-0.4, -0.2) is 40.9 Å². The van der Waals surface area contributed by atoms with Gasteiger partial charge < -0.3 is 14.9 Å². The lowest BCUT2D eigenvalue weighted by Gasteiger charge is -2.22. The first-order chi connectivity index (χ1) is 13.0. The maximum Gasteiger partial charge on any atom is 0.129 e. The van der Waals surface area contributed by atoms with Gasteiger partial charge >= 0.3 is 0 Å². The van der Waals surface area contributed by atoms with Crippen LogP contribution in [0.3, 0.4) is 0 Å². The van der Waals surface area contributed by atoms with Gasteiger partial charge in [-0.15, -0.1) is 0 Å². The minimum Gasteiger partial charge on any atom is -0.508 e. The average Bonchev–Trinajstić information content (AvgIpc) is 3.16. The number of aryl methyl sites for hydroxylation is 1. The predicted molar refractivity (Wildman–Crippen MR) is 101 cm³/mol. The summed E-state index contributed by atoms with van der Waals surface area (Å²) < 4.78 is 19.7. The molecule has 2 aromatic rings. The van der Waals surface area contributed by atoms with Crippen LogP contribution in [0.15, 0.2) is 42.5 Å². The Morgan fingerprint density at radius 3 is 2.41 bits per heavy atom. The van der Waals surface area contributed by atoms with Crippen molar-refractivity contribution in [3.05, 3.63) is 59.4 Å². The quantitative estimate of drug-likeness (QED) is 0.842. The fourth-order valence-electron chi connectivity index (χ4n) is 4.47. The first-order valence-corrected chi connectivity index (χ1v) is 9.60. The van der Waals surface area contributed by atoms with Crippen LogP contribution in [0.25, 0.3) is 0 Å². The monoisotopic (exact) mass is 371 g/mol. The summed E-state index contributed by atoms with van der Waals surface area (Å²) in [4.78, 5) is 2.31. The Morgan fingerprint density at radius 1 is 1.11 bits per heavy atom. The van der Waals surface area contributed by atoms with E-state index in [2.05, 4.69) is 4.90 Å². The maximum atomic E-state index is 13.7. The Balaban J connectivity index is 1.29. The van der Waals surface area contributed by atoms with Gasteiger partial charge in [0.05, 0.1) is 12.2 Å². The first kappa shape index (κ1) is 18.3. The van der Waals surface area contributed by atoms with Crippen LogP contribution in [0.2, 0.25) is 0 Å². The molecule has 0 radical (unpaired) electrons. The molecule has 27 heavy (non-hydrogen) atoms. The van der Waals surface area contributed by atoms with Crippen molar-refractivity contribution in [2.45, 2.75) is 32.0 Å². The summed E-state index contributed by atoms with van der Waals surface area (Å²) in [7, 11) is 0. The largest absolute Gasteiger partial charge is 0.508 e. The number of aromatic hydroxyl groups is 1. The van der Waals surface area contributed by atoms with Crippen LogP contribution in [0.5, 0.6) is 11.5 Å². The summed E-state index contributed by atoms with van der Waals surface area (Å²) in [6, 6.07) is 11.8. The van der Waals surface area contributed by atoms with Crippen molar-refractivity contribution >= 4 is 0 Å². The molecule has 1 aliphatic heterocycles. The molecule has 1 heterocycles. The third kappa shape index (κ3) is 4.09. The van der Waals surface area contributed by atoms with Crippen LogP contribution in [-0.2, 0) is 0 Å². The van der Waals surface area contributed by atoms with Gasteiger partial charge in [-0.2, -0.15) is 0 Å². The van der Waals surface area contributed by atoms with Gasteiger partial charge in [0, 0.05) is 25.7 Å². The number of phenolic OH excluding ortho intramolecular Hbond substituents is 1. The third-order valence-corrected chi connectivity index (χ3v) is 5.94. The fourth-order valence-corrected chi connectivity index (χ4v) is 4.47. The van der Waals surface area contributed by atoms with Crippen molar-refractivity contribution in [2.24, 2.45) is 11.8 Å². The zero-order valence-corrected chi connectivity index (χ0v) is 15.5. The number of hydrogen-bond donors (Lipinski definition) is 2. The number of β-amino-alcohol motifs (C(OH)–C–C–N with tert-alkyl or cyclic N) is 1. The molecule has 144 valence electrons. The smallest absolute Gasteiger partial charge is 0.129 e. The molecule has 2 N–H and O–H groups in total. The summed E-state index contributed by atoms with van der Waals surface area (Å²) >= 11 is 0. The third-order valence-electron chi connectivity index (χ3n) is 5.94. The molecule has 0 bridgehead atoms. The second-order valence-electron chi connectivity index (χ2n) is 7.97. The van der Waals surface area contributed by atoms with E-state index in [1.54, 1.807) is 37.3 Å². The lowest BCUT2D eigenvalue weighted by Crippen LogP contribution is -2.28. The van der Waals surface area contributed by atoms with Crippen LogP contribution in [0.4, 0.5) is 4.39 Å². The number of fused-ring (bicyclic) bond motifs is 1. The standard InChI is InChI=1S/C22H26FNO3/c1-14-2-7-19(10-21(14)23)27-20-8-16-11-24(12-17(16)9-20)13-22(26)15-3-5-18(25)6-4-15/h2-7,10,16-17,20,22,25-26H,8-9,11-13H2,1H3/t16-,17+,20-,22?. The fraction of sp³-hybridized carbons (Fsp3) is 0.455. The van der Waals surface area contributed by atoms with Gasteiger partial charge in [-0.3, -0.25) is 4.90 Å². The highest BCUT2D eigenvalue weighted by atomic mass is 19.1. The second-order valence-corrected chi connectivity index (χ2v) is 7.97. The van der Waals surface area contributed by atoms with Crippen LogP contribution in [0, 0.1) is 24.6 Å². The molecule has 1 saturated carbocycles. The molecule has 4 rings (SSSR count). The normalized spacial score (nSPS) is 26.1. The van der Waals surface area contributed by atoms with E-state index in [1.165, 1.54) is 6.07 Å². The molecule has 2 aliphatic rings. The minimum atomic E-state index is -0.549. The number of likely N-dealkylation sites (tertiary alicyclic amines) is 1. The van der Waals surface area contributed by atoms with Crippen molar-refractivity contribution in [1.82, 2.24) is 4.90 Å². The van der Waals surface area contributed by atoms with E-state index in [-0.39, 0.29) is 17.7 Å². The molecule has 1 aliphatic carbocycles. The van der Waals surface area contributed by atoms with Crippen molar-refractivity contribution in [3.8, 4) is 11.5 Å². The van der Waals surface area contributed by atoms with Crippen molar-refractivity contribution in [3.63, 3.8) is 0 Å². The molecule has 4 nitrogen and oxygen atoms in total. The summed E-state index contributed by atoms with van der Waals surface area (Å²) in [5.41, 5.74) is 1.46. The second kappa shape index (κ2) is 7.49. The lowest BCUT2D eigenvalue weighted by atomic mass is 10.0. The summed E-state index contributed by atoms with van der Waals surface area (Å²) in [5, 5.41) is 19.8. The molecular weight excluding hydrogens is 345 g/mol. The van der Waals surface area contributed by atoms with E-state index in [9.17, 15) is 14.6 Å². The molecule has 0 amide bonds. The number of nitrogens with zero attached hydrogens (tertiary/aromatic N) is 1. The van der Waals surface area contributed by atoms with E-state index in [4.69, 9.17) is 4.74 Å². The Bertz CT molecular complexity index is 781. The molecule has 1 unspecified atom stereocenters. The Labute approximate surface area is 159 Å². The van der Waals surface area contributed by atoms with Gasteiger partial charge in [0.2, 0.25) is 0 Å². The SMILES string of the molecule is Cc1ccc(O[C@@H]2C[C@@H]3CN(CC(O)c4ccc(O)cc4)C[C@@H]3C2)cc1F. The summed E-state index contributed by atoms with van der Waals surface area (Å²) in [6.45, 7) is 4.27.